The van der Waals surface area contributed by atoms with Crippen LogP contribution in [0.1, 0.15) is 24.4 Å². The van der Waals surface area contributed by atoms with Gasteiger partial charge in [-0.15, -0.1) is 12.4 Å². The van der Waals surface area contributed by atoms with Crippen LogP contribution in [0.25, 0.3) is 10.8 Å². The zero-order chi connectivity index (χ0) is 11.4. The van der Waals surface area contributed by atoms with Crippen LogP contribution < -0.4 is 5.73 Å². The van der Waals surface area contributed by atoms with Crippen molar-refractivity contribution in [1.29, 1.82) is 0 Å². The normalized spacial score (nSPS) is 12.1. The summed E-state index contributed by atoms with van der Waals surface area (Å²) in [5.41, 5.74) is 7.21. The van der Waals surface area contributed by atoms with Gasteiger partial charge in [-0.05, 0) is 35.2 Å². The molecule has 0 aliphatic heterocycles. The van der Waals surface area contributed by atoms with Crippen molar-refractivity contribution < 1.29 is 5.11 Å². The highest BCUT2D eigenvalue weighted by Gasteiger charge is 2.05. The number of hydrogen-bond acceptors (Lipinski definition) is 2. The molecule has 3 heteroatoms. The van der Waals surface area contributed by atoms with Gasteiger partial charge in [0.1, 0.15) is 0 Å². The lowest BCUT2D eigenvalue weighted by molar-refractivity contribution is 0.280. The fraction of sp³-hybridized carbons (Fsp3) is 0.286. The summed E-state index contributed by atoms with van der Waals surface area (Å²) in [5, 5.41) is 11.2. The third-order valence-corrected chi connectivity index (χ3v) is 2.87. The van der Waals surface area contributed by atoms with Gasteiger partial charge in [-0.25, -0.2) is 0 Å². The van der Waals surface area contributed by atoms with Gasteiger partial charge in [-0.2, -0.15) is 0 Å². The minimum atomic E-state index is 0. The number of rotatable bonds is 4. The summed E-state index contributed by atoms with van der Waals surface area (Å²) in [6.07, 6.45) is 1.59. The first-order valence-corrected chi connectivity index (χ1v) is 5.66. The molecule has 0 saturated heterocycles. The Kier molecular flexibility index (Phi) is 5.42. The van der Waals surface area contributed by atoms with E-state index in [0.29, 0.717) is 0 Å². The second-order valence-electron chi connectivity index (χ2n) is 4.08. The molecule has 2 nitrogen and oxygen atoms in total. The Labute approximate surface area is 108 Å². The molecular formula is C14H18ClNO. The van der Waals surface area contributed by atoms with Crippen LogP contribution in [0.2, 0.25) is 0 Å². The lowest BCUT2D eigenvalue weighted by Crippen LogP contribution is -2.10. The summed E-state index contributed by atoms with van der Waals surface area (Å²) in [4.78, 5) is 0. The van der Waals surface area contributed by atoms with Crippen molar-refractivity contribution >= 4 is 23.2 Å². The van der Waals surface area contributed by atoms with Gasteiger partial charge >= 0.3 is 0 Å². The van der Waals surface area contributed by atoms with Crippen molar-refractivity contribution in [3.8, 4) is 0 Å². The fourth-order valence-corrected chi connectivity index (χ4v) is 1.92. The highest BCUT2D eigenvalue weighted by Crippen LogP contribution is 2.21. The molecule has 17 heavy (non-hydrogen) atoms. The van der Waals surface area contributed by atoms with E-state index in [0.717, 1.165) is 18.4 Å². The standard InChI is InChI=1S/C14H17NO.ClH/c15-14(6-3-9-16)13-8-7-11-4-1-2-5-12(11)10-13;/h1-2,4-5,7-8,10,14,16H,3,6,9,15H2;1H/t14-;/m1./s1. The maximum atomic E-state index is 8.78. The van der Waals surface area contributed by atoms with Crippen LogP contribution in [0.3, 0.4) is 0 Å². The molecule has 3 N–H and O–H groups in total. The molecule has 2 rings (SSSR count). The van der Waals surface area contributed by atoms with Crippen molar-refractivity contribution in [2.75, 3.05) is 6.61 Å². The first kappa shape index (κ1) is 14.0. The maximum Gasteiger partial charge on any atom is 0.0431 e. The van der Waals surface area contributed by atoms with E-state index in [9.17, 15) is 0 Å². The van der Waals surface area contributed by atoms with E-state index in [2.05, 4.69) is 30.3 Å². The van der Waals surface area contributed by atoms with Gasteiger partial charge in [-0.1, -0.05) is 36.4 Å². The number of fused-ring (bicyclic) bond motifs is 1. The monoisotopic (exact) mass is 251 g/mol. The highest BCUT2D eigenvalue weighted by molar-refractivity contribution is 5.85. The summed E-state index contributed by atoms with van der Waals surface area (Å²) in [7, 11) is 0. The van der Waals surface area contributed by atoms with E-state index < -0.39 is 0 Å². The molecule has 0 aromatic heterocycles. The largest absolute Gasteiger partial charge is 0.396 e. The molecule has 0 radical (unpaired) electrons. The number of nitrogens with two attached hydrogens (primary N) is 1. The number of halogens is 1. The van der Waals surface area contributed by atoms with Crippen molar-refractivity contribution in [3.05, 3.63) is 48.0 Å². The van der Waals surface area contributed by atoms with Crippen molar-refractivity contribution in [2.24, 2.45) is 5.73 Å². The summed E-state index contributed by atoms with van der Waals surface area (Å²) in [6, 6.07) is 14.6. The molecule has 0 fully saturated rings. The SMILES string of the molecule is Cl.N[C@H](CCCO)c1ccc2ccccc2c1. The molecule has 2 aromatic carbocycles. The molecule has 0 saturated carbocycles. The molecule has 0 unspecified atom stereocenters. The molecule has 1 atom stereocenters. The topological polar surface area (TPSA) is 46.2 Å². The van der Waals surface area contributed by atoms with Crippen LogP contribution in [-0.2, 0) is 0 Å². The smallest absolute Gasteiger partial charge is 0.0431 e. The molecule has 0 heterocycles. The van der Waals surface area contributed by atoms with E-state index in [1.165, 1.54) is 10.8 Å². The molecule has 0 aliphatic carbocycles. The number of aliphatic hydroxyl groups excluding tert-OH is 1. The highest BCUT2D eigenvalue weighted by atomic mass is 35.5. The van der Waals surface area contributed by atoms with Crippen LogP contribution in [0, 0.1) is 0 Å². The Morgan fingerprint density at radius 2 is 1.76 bits per heavy atom. The average molecular weight is 252 g/mol. The van der Waals surface area contributed by atoms with E-state index in [1.807, 2.05) is 12.1 Å². The Bertz CT molecular complexity index is 472. The second-order valence-corrected chi connectivity index (χ2v) is 4.08. The quantitative estimate of drug-likeness (QED) is 0.878. The first-order chi connectivity index (χ1) is 7.81. The predicted molar refractivity (Wildman–Crippen MR) is 74.4 cm³/mol. The van der Waals surface area contributed by atoms with Crippen LogP contribution >= 0.6 is 12.4 Å². The summed E-state index contributed by atoms with van der Waals surface area (Å²) < 4.78 is 0. The van der Waals surface area contributed by atoms with Crippen LogP contribution in [0.4, 0.5) is 0 Å². The second kappa shape index (κ2) is 6.60. The fourth-order valence-electron chi connectivity index (χ4n) is 1.92. The summed E-state index contributed by atoms with van der Waals surface area (Å²) in [5.74, 6) is 0. The van der Waals surface area contributed by atoms with Gasteiger partial charge in [0.25, 0.3) is 0 Å². The summed E-state index contributed by atoms with van der Waals surface area (Å²) in [6.45, 7) is 0.210. The third kappa shape index (κ3) is 3.43. The minimum absolute atomic E-state index is 0. The van der Waals surface area contributed by atoms with Crippen molar-refractivity contribution in [2.45, 2.75) is 18.9 Å². The molecule has 0 bridgehead atoms. The van der Waals surface area contributed by atoms with Gasteiger partial charge in [-0.3, -0.25) is 0 Å². The molecule has 0 aliphatic rings. The molecule has 0 amide bonds. The van der Waals surface area contributed by atoms with E-state index in [-0.39, 0.29) is 25.1 Å². The van der Waals surface area contributed by atoms with E-state index in [1.54, 1.807) is 0 Å². The minimum Gasteiger partial charge on any atom is -0.396 e. The maximum absolute atomic E-state index is 8.78. The Morgan fingerprint density at radius 1 is 1.06 bits per heavy atom. The Morgan fingerprint density at radius 3 is 2.47 bits per heavy atom. The Balaban J connectivity index is 0.00000144. The lowest BCUT2D eigenvalue weighted by Gasteiger charge is -2.12. The zero-order valence-electron chi connectivity index (χ0n) is 9.67. The van der Waals surface area contributed by atoms with Gasteiger partial charge in [0.2, 0.25) is 0 Å². The Hall–Kier alpha value is -1.09. The lowest BCUT2D eigenvalue weighted by atomic mass is 9.99. The third-order valence-electron chi connectivity index (χ3n) is 2.87. The van der Waals surface area contributed by atoms with E-state index >= 15 is 0 Å². The van der Waals surface area contributed by atoms with Crippen LogP contribution in [0.5, 0.6) is 0 Å². The molecule has 2 aromatic rings. The molecular weight excluding hydrogens is 234 g/mol. The van der Waals surface area contributed by atoms with Gasteiger partial charge in [0.15, 0.2) is 0 Å². The average Bonchev–Trinajstić information content (AvgIpc) is 2.35. The number of hydrogen-bond donors (Lipinski definition) is 2. The number of benzene rings is 2. The van der Waals surface area contributed by atoms with Crippen molar-refractivity contribution in [1.82, 2.24) is 0 Å². The van der Waals surface area contributed by atoms with Gasteiger partial charge < -0.3 is 10.8 Å². The van der Waals surface area contributed by atoms with Crippen LogP contribution in [-0.4, -0.2) is 11.7 Å². The van der Waals surface area contributed by atoms with Gasteiger partial charge in [0, 0.05) is 12.6 Å². The molecule has 92 valence electrons. The van der Waals surface area contributed by atoms with E-state index in [4.69, 9.17) is 10.8 Å². The number of aliphatic hydroxyl groups is 1. The first-order valence-electron chi connectivity index (χ1n) is 5.66. The van der Waals surface area contributed by atoms with Gasteiger partial charge in [0.05, 0.1) is 0 Å². The summed E-state index contributed by atoms with van der Waals surface area (Å²) >= 11 is 0. The van der Waals surface area contributed by atoms with Crippen molar-refractivity contribution in [3.63, 3.8) is 0 Å². The molecule has 0 spiro atoms. The predicted octanol–water partition coefficient (Wildman–Crippen LogP) is 3.03. The van der Waals surface area contributed by atoms with Crippen LogP contribution in [0.15, 0.2) is 42.5 Å². The zero-order valence-corrected chi connectivity index (χ0v) is 10.5.